The van der Waals surface area contributed by atoms with Crippen LogP contribution in [-0.2, 0) is 19.7 Å². The molecule has 1 heterocycles. The molecule has 0 spiro atoms. The summed E-state index contributed by atoms with van der Waals surface area (Å²) in [5, 5.41) is 14.8. The molecule has 2 aromatic carbocycles. The van der Waals surface area contributed by atoms with E-state index in [4.69, 9.17) is 9.47 Å². The van der Waals surface area contributed by atoms with Crippen molar-refractivity contribution in [3.8, 4) is 11.5 Å². The van der Waals surface area contributed by atoms with Crippen molar-refractivity contribution in [2.45, 2.75) is 26.6 Å². The van der Waals surface area contributed by atoms with Gasteiger partial charge in [0.05, 0.1) is 13.2 Å². The molecule has 0 aliphatic rings. The third kappa shape index (κ3) is 5.07. The fraction of sp³-hybridized carbons (Fsp3) is 0.250. The second-order valence-electron chi connectivity index (χ2n) is 5.82. The number of nitrogens with zero attached hydrogens (tertiary/aromatic N) is 4. The van der Waals surface area contributed by atoms with Crippen LogP contribution in [0.4, 0.5) is 5.95 Å². The largest absolute Gasteiger partial charge is 0.490 e. The van der Waals surface area contributed by atoms with Gasteiger partial charge < -0.3 is 14.8 Å². The van der Waals surface area contributed by atoms with Crippen LogP contribution in [0.1, 0.15) is 18.1 Å². The summed E-state index contributed by atoms with van der Waals surface area (Å²) in [7, 11) is 0. The number of benzene rings is 2. The number of hydrogen-bond acceptors (Lipinski definition) is 6. The number of rotatable bonds is 10. The number of hydrogen-bond donors (Lipinski definition) is 1. The molecule has 1 N–H and O–H groups in total. The molecule has 0 saturated heterocycles. The topological polar surface area (TPSA) is 74.1 Å². The lowest BCUT2D eigenvalue weighted by molar-refractivity contribution is 0.269. The molecule has 0 radical (unpaired) electrons. The van der Waals surface area contributed by atoms with Gasteiger partial charge in [-0.1, -0.05) is 47.6 Å². The van der Waals surface area contributed by atoms with Crippen molar-refractivity contribution in [2.24, 2.45) is 0 Å². The summed E-state index contributed by atoms with van der Waals surface area (Å²) in [5.41, 5.74) is 2.15. The van der Waals surface area contributed by atoms with Crippen molar-refractivity contribution < 1.29 is 9.47 Å². The van der Waals surface area contributed by atoms with E-state index in [0.717, 1.165) is 22.6 Å². The summed E-state index contributed by atoms with van der Waals surface area (Å²) in [5.74, 6) is 2.04. The molecule has 0 amide bonds. The third-order valence-electron chi connectivity index (χ3n) is 3.83. The predicted octanol–water partition coefficient (Wildman–Crippen LogP) is 3.45. The highest BCUT2D eigenvalue weighted by Crippen LogP contribution is 2.29. The Morgan fingerprint density at radius 2 is 1.93 bits per heavy atom. The standard InChI is InChI=1S/C20H23N5O2/c1-3-12-25-20(22-23-24-25)21-14-17-10-11-18(19(13-17)26-4-2)27-15-16-8-6-5-7-9-16/h3,5-11,13H,1,4,12,14-15H2,2H3,(H,21,22,24). The number of aromatic nitrogens is 4. The van der Waals surface area contributed by atoms with Crippen LogP contribution in [0.3, 0.4) is 0 Å². The van der Waals surface area contributed by atoms with Crippen molar-refractivity contribution in [1.29, 1.82) is 0 Å². The van der Waals surface area contributed by atoms with Gasteiger partial charge in [0.15, 0.2) is 11.5 Å². The number of anilines is 1. The van der Waals surface area contributed by atoms with Crippen LogP contribution >= 0.6 is 0 Å². The molecule has 0 unspecified atom stereocenters. The fourth-order valence-corrected chi connectivity index (χ4v) is 2.54. The first-order chi connectivity index (χ1) is 13.3. The second-order valence-corrected chi connectivity index (χ2v) is 5.82. The van der Waals surface area contributed by atoms with Crippen LogP contribution in [0, 0.1) is 0 Å². The van der Waals surface area contributed by atoms with Crippen molar-refractivity contribution in [1.82, 2.24) is 20.2 Å². The molecule has 3 rings (SSSR count). The Labute approximate surface area is 158 Å². The summed E-state index contributed by atoms with van der Waals surface area (Å²) in [4.78, 5) is 0. The van der Waals surface area contributed by atoms with Gasteiger partial charge in [0.25, 0.3) is 0 Å². The highest BCUT2D eigenvalue weighted by molar-refractivity contribution is 5.44. The normalized spacial score (nSPS) is 10.4. The van der Waals surface area contributed by atoms with E-state index in [9.17, 15) is 0 Å². The molecule has 7 heteroatoms. The minimum absolute atomic E-state index is 0.495. The monoisotopic (exact) mass is 365 g/mol. The zero-order valence-electron chi connectivity index (χ0n) is 15.3. The van der Waals surface area contributed by atoms with Crippen LogP contribution in [0.25, 0.3) is 0 Å². The fourth-order valence-electron chi connectivity index (χ4n) is 2.54. The molecule has 140 valence electrons. The average Bonchev–Trinajstić information content (AvgIpc) is 3.14. The molecule has 0 saturated carbocycles. The molecular weight excluding hydrogens is 342 g/mol. The van der Waals surface area contributed by atoms with E-state index < -0.39 is 0 Å². The Hall–Kier alpha value is -3.35. The van der Waals surface area contributed by atoms with Gasteiger partial charge in [-0.3, -0.25) is 0 Å². The van der Waals surface area contributed by atoms with Gasteiger partial charge in [0.1, 0.15) is 6.61 Å². The Kier molecular flexibility index (Phi) is 6.40. The molecule has 1 aromatic heterocycles. The number of tetrazole rings is 1. The van der Waals surface area contributed by atoms with Gasteiger partial charge in [-0.05, 0) is 40.6 Å². The van der Waals surface area contributed by atoms with Crippen molar-refractivity contribution in [2.75, 3.05) is 11.9 Å². The first-order valence-corrected chi connectivity index (χ1v) is 8.83. The minimum atomic E-state index is 0.495. The maximum atomic E-state index is 5.94. The molecular formula is C20H23N5O2. The Bertz CT molecular complexity index is 864. The average molecular weight is 365 g/mol. The lowest BCUT2D eigenvalue weighted by atomic mass is 10.2. The van der Waals surface area contributed by atoms with Gasteiger partial charge in [0.2, 0.25) is 5.95 Å². The Morgan fingerprint density at radius 1 is 1.07 bits per heavy atom. The maximum Gasteiger partial charge on any atom is 0.243 e. The summed E-state index contributed by atoms with van der Waals surface area (Å²) in [6.45, 7) is 7.83. The van der Waals surface area contributed by atoms with Crippen molar-refractivity contribution in [3.63, 3.8) is 0 Å². The molecule has 0 fully saturated rings. The van der Waals surface area contributed by atoms with Crippen LogP contribution in [-0.4, -0.2) is 26.8 Å². The van der Waals surface area contributed by atoms with Gasteiger partial charge in [-0.15, -0.1) is 6.58 Å². The van der Waals surface area contributed by atoms with E-state index in [1.807, 2.05) is 55.5 Å². The first kappa shape index (κ1) is 18.4. The summed E-state index contributed by atoms with van der Waals surface area (Å²) in [6.07, 6.45) is 1.74. The molecule has 27 heavy (non-hydrogen) atoms. The predicted molar refractivity (Wildman–Crippen MR) is 104 cm³/mol. The van der Waals surface area contributed by atoms with E-state index >= 15 is 0 Å². The van der Waals surface area contributed by atoms with Crippen molar-refractivity contribution in [3.05, 3.63) is 72.3 Å². The van der Waals surface area contributed by atoms with Crippen LogP contribution in [0.5, 0.6) is 11.5 Å². The van der Waals surface area contributed by atoms with E-state index in [2.05, 4.69) is 27.4 Å². The Balaban J connectivity index is 1.67. The zero-order chi connectivity index (χ0) is 18.9. The third-order valence-corrected chi connectivity index (χ3v) is 3.83. The van der Waals surface area contributed by atoms with E-state index in [1.165, 1.54) is 0 Å². The lowest BCUT2D eigenvalue weighted by Gasteiger charge is -2.14. The maximum absolute atomic E-state index is 5.94. The quantitative estimate of drug-likeness (QED) is 0.555. The summed E-state index contributed by atoms with van der Waals surface area (Å²) < 4.78 is 13.3. The Morgan fingerprint density at radius 3 is 2.70 bits per heavy atom. The van der Waals surface area contributed by atoms with Crippen molar-refractivity contribution >= 4 is 5.95 Å². The number of ether oxygens (including phenoxy) is 2. The van der Waals surface area contributed by atoms with E-state index in [1.54, 1.807) is 10.8 Å². The summed E-state index contributed by atoms with van der Waals surface area (Å²) >= 11 is 0. The van der Waals surface area contributed by atoms with E-state index in [0.29, 0.717) is 32.3 Å². The smallest absolute Gasteiger partial charge is 0.243 e. The van der Waals surface area contributed by atoms with Crippen LogP contribution < -0.4 is 14.8 Å². The van der Waals surface area contributed by atoms with Crippen LogP contribution in [0.15, 0.2) is 61.2 Å². The molecule has 0 aliphatic heterocycles. The molecule has 0 bridgehead atoms. The molecule has 0 aliphatic carbocycles. The second kappa shape index (κ2) is 9.38. The molecule has 7 nitrogen and oxygen atoms in total. The highest BCUT2D eigenvalue weighted by Gasteiger charge is 2.09. The first-order valence-electron chi connectivity index (χ1n) is 8.83. The van der Waals surface area contributed by atoms with Gasteiger partial charge in [0, 0.05) is 6.54 Å². The van der Waals surface area contributed by atoms with Gasteiger partial charge >= 0.3 is 0 Å². The summed E-state index contributed by atoms with van der Waals surface area (Å²) in [6, 6.07) is 15.9. The SMILES string of the molecule is C=CCn1nnnc1NCc1ccc(OCc2ccccc2)c(OCC)c1. The van der Waals surface area contributed by atoms with E-state index in [-0.39, 0.29) is 0 Å². The number of nitrogens with one attached hydrogen (secondary N) is 1. The van der Waals surface area contributed by atoms with Gasteiger partial charge in [-0.2, -0.15) is 0 Å². The molecule has 0 atom stereocenters. The number of allylic oxidation sites excluding steroid dienone is 1. The van der Waals surface area contributed by atoms with Crippen LogP contribution in [0.2, 0.25) is 0 Å². The highest BCUT2D eigenvalue weighted by atomic mass is 16.5. The zero-order valence-corrected chi connectivity index (χ0v) is 15.3. The van der Waals surface area contributed by atoms with Gasteiger partial charge in [-0.25, -0.2) is 4.68 Å². The lowest BCUT2D eigenvalue weighted by Crippen LogP contribution is -2.08. The minimum Gasteiger partial charge on any atom is -0.490 e. The molecule has 3 aromatic rings.